The monoisotopic (exact) mass is 518 g/mol. The largest absolute Gasteiger partial charge is 0.511 e. The van der Waals surface area contributed by atoms with Crippen LogP contribution in [0.3, 0.4) is 0 Å². The summed E-state index contributed by atoms with van der Waals surface area (Å²) in [5.41, 5.74) is 1.93. The molecule has 2 aromatic rings. The fraction of sp³-hybridized carbons (Fsp3) is 0.478. The molecule has 0 amide bonds. The molecule has 0 unspecified atom stereocenters. The summed E-state index contributed by atoms with van der Waals surface area (Å²) in [5.74, 6) is -1.80. The SMILES string of the molecule is NCCC1(c2ccccc2)OCCO1.O=S(=O)(NCCC1(c2ccccc2)OCCO1)C(F)(F)F. The molecule has 3 N–H and O–H groups in total. The molecule has 2 aliphatic rings. The lowest BCUT2D eigenvalue weighted by Gasteiger charge is -2.28. The minimum Gasteiger partial charge on any atom is -0.343 e. The molecule has 4 rings (SSSR count). The molecule has 0 spiro atoms. The van der Waals surface area contributed by atoms with Crippen LogP contribution in [0.25, 0.3) is 0 Å². The molecule has 0 aliphatic carbocycles. The fourth-order valence-corrected chi connectivity index (χ4v) is 4.36. The zero-order valence-electron chi connectivity index (χ0n) is 19.0. The van der Waals surface area contributed by atoms with Crippen LogP contribution in [-0.2, 0) is 40.5 Å². The number of rotatable bonds is 8. The fourth-order valence-electron chi connectivity index (χ4n) is 3.83. The van der Waals surface area contributed by atoms with E-state index in [0.717, 1.165) is 5.56 Å². The first-order chi connectivity index (χ1) is 16.6. The molecule has 2 saturated heterocycles. The molecule has 35 heavy (non-hydrogen) atoms. The van der Waals surface area contributed by atoms with Gasteiger partial charge in [-0.1, -0.05) is 60.7 Å². The van der Waals surface area contributed by atoms with Gasteiger partial charge >= 0.3 is 15.5 Å². The molecule has 0 saturated carbocycles. The van der Waals surface area contributed by atoms with Crippen molar-refractivity contribution in [1.82, 2.24) is 4.72 Å². The third-order valence-corrected chi connectivity index (χ3v) is 6.65. The van der Waals surface area contributed by atoms with E-state index in [0.29, 0.717) is 45.0 Å². The minimum atomic E-state index is -5.36. The number of ether oxygens (including phenoxy) is 4. The zero-order valence-corrected chi connectivity index (χ0v) is 19.8. The molecule has 194 valence electrons. The van der Waals surface area contributed by atoms with Gasteiger partial charge in [-0.05, 0) is 6.54 Å². The van der Waals surface area contributed by atoms with Gasteiger partial charge in [-0.25, -0.2) is 13.1 Å². The van der Waals surface area contributed by atoms with Gasteiger partial charge in [0.2, 0.25) is 0 Å². The predicted molar refractivity (Wildman–Crippen MR) is 121 cm³/mol. The van der Waals surface area contributed by atoms with Crippen LogP contribution in [0.2, 0.25) is 0 Å². The van der Waals surface area contributed by atoms with Crippen LogP contribution < -0.4 is 10.5 Å². The van der Waals surface area contributed by atoms with E-state index in [9.17, 15) is 21.6 Å². The van der Waals surface area contributed by atoms with E-state index in [1.54, 1.807) is 30.3 Å². The molecular formula is C23H29F3N2O6S. The molecule has 2 aliphatic heterocycles. The maximum atomic E-state index is 12.2. The lowest BCUT2D eigenvalue weighted by molar-refractivity contribution is -0.169. The van der Waals surface area contributed by atoms with Crippen molar-refractivity contribution < 1.29 is 40.5 Å². The first-order valence-corrected chi connectivity index (χ1v) is 12.6. The second kappa shape index (κ2) is 11.8. The third-order valence-electron chi connectivity index (χ3n) is 5.46. The van der Waals surface area contributed by atoms with Crippen molar-refractivity contribution >= 4 is 10.0 Å². The van der Waals surface area contributed by atoms with E-state index in [1.165, 1.54) is 4.72 Å². The summed E-state index contributed by atoms with van der Waals surface area (Å²) in [6.07, 6.45) is 0.642. The summed E-state index contributed by atoms with van der Waals surface area (Å²) in [4.78, 5) is 0. The number of benzene rings is 2. The van der Waals surface area contributed by atoms with E-state index >= 15 is 0 Å². The van der Waals surface area contributed by atoms with Crippen molar-refractivity contribution in [2.75, 3.05) is 39.5 Å². The van der Waals surface area contributed by atoms with E-state index in [4.69, 9.17) is 24.7 Å². The molecule has 2 heterocycles. The molecule has 2 fully saturated rings. The van der Waals surface area contributed by atoms with Crippen LogP contribution in [0.4, 0.5) is 13.2 Å². The van der Waals surface area contributed by atoms with E-state index < -0.39 is 33.7 Å². The smallest absolute Gasteiger partial charge is 0.343 e. The highest BCUT2D eigenvalue weighted by molar-refractivity contribution is 7.90. The lowest BCUT2D eigenvalue weighted by atomic mass is 10.0. The number of nitrogens with one attached hydrogen (secondary N) is 1. The molecular weight excluding hydrogens is 489 g/mol. The Morgan fingerprint density at radius 1 is 0.771 bits per heavy atom. The maximum absolute atomic E-state index is 12.2. The van der Waals surface area contributed by atoms with Crippen LogP contribution in [-0.4, -0.2) is 53.4 Å². The quantitative estimate of drug-likeness (QED) is 0.553. The first kappa shape index (κ1) is 27.5. The topological polar surface area (TPSA) is 109 Å². The second-order valence-corrected chi connectivity index (χ2v) is 9.52. The van der Waals surface area contributed by atoms with Crippen LogP contribution in [0, 0.1) is 0 Å². The maximum Gasteiger partial charge on any atom is 0.511 e. The molecule has 8 nitrogen and oxygen atoms in total. The summed E-state index contributed by atoms with van der Waals surface area (Å²) >= 11 is 0. The summed E-state index contributed by atoms with van der Waals surface area (Å²) in [6.45, 7) is 2.00. The van der Waals surface area contributed by atoms with E-state index in [-0.39, 0.29) is 6.42 Å². The Labute approximate surface area is 202 Å². The minimum absolute atomic E-state index is 0.0632. The van der Waals surface area contributed by atoms with E-state index in [1.807, 2.05) is 30.3 Å². The number of nitrogens with two attached hydrogens (primary N) is 1. The molecule has 2 aromatic carbocycles. The molecule has 0 aromatic heterocycles. The normalized spacial score (nSPS) is 19.2. The zero-order chi connectivity index (χ0) is 25.4. The van der Waals surface area contributed by atoms with Crippen LogP contribution in [0.5, 0.6) is 0 Å². The molecule has 0 bridgehead atoms. The highest BCUT2D eigenvalue weighted by Gasteiger charge is 2.46. The van der Waals surface area contributed by atoms with Crippen molar-refractivity contribution in [2.45, 2.75) is 29.9 Å². The van der Waals surface area contributed by atoms with Gasteiger partial charge in [0.1, 0.15) is 0 Å². The molecule has 0 radical (unpaired) electrons. The molecule has 0 atom stereocenters. The van der Waals surface area contributed by atoms with Gasteiger partial charge < -0.3 is 24.7 Å². The van der Waals surface area contributed by atoms with Gasteiger partial charge in [0.05, 0.1) is 26.4 Å². The molecule has 12 heteroatoms. The highest BCUT2D eigenvalue weighted by Crippen LogP contribution is 2.35. The average Bonchev–Trinajstić information content (AvgIpc) is 3.52. The second-order valence-electron chi connectivity index (χ2n) is 7.76. The summed E-state index contributed by atoms with van der Waals surface area (Å²) in [7, 11) is -5.36. The Balaban J connectivity index is 0.000000211. The number of hydrogen-bond acceptors (Lipinski definition) is 7. The first-order valence-electron chi connectivity index (χ1n) is 11.1. The van der Waals surface area contributed by atoms with Gasteiger partial charge in [-0.15, -0.1) is 0 Å². The van der Waals surface area contributed by atoms with Gasteiger partial charge in [0.15, 0.2) is 11.6 Å². The van der Waals surface area contributed by atoms with Gasteiger partial charge in [-0.3, -0.25) is 0 Å². The Morgan fingerprint density at radius 3 is 1.54 bits per heavy atom. The van der Waals surface area contributed by atoms with Gasteiger partial charge in [0.25, 0.3) is 0 Å². The summed E-state index contributed by atoms with van der Waals surface area (Å²) in [5, 5.41) is 0. The average molecular weight is 519 g/mol. The van der Waals surface area contributed by atoms with Crippen molar-refractivity contribution in [3.8, 4) is 0 Å². The highest BCUT2D eigenvalue weighted by atomic mass is 32.2. The van der Waals surface area contributed by atoms with Gasteiger partial charge in [0, 0.05) is 30.5 Å². The van der Waals surface area contributed by atoms with Crippen molar-refractivity contribution in [3.05, 3.63) is 71.8 Å². The number of alkyl halides is 3. The Morgan fingerprint density at radius 2 is 1.17 bits per heavy atom. The summed E-state index contributed by atoms with van der Waals surface area (Å²) < 4.78 is 82.4. The Bertz CT molecular complexity index is 1010. The van der Waals surface area contributed by atoms with Crippen LogP contribution >= 0.6 is 0 Å². The number of halogens is 3. The van der Waals surface area contributed by atoms with E-state index in [2.05, 4.69) is 0 Å². The van der Waals surface area contributed by atoms with Crippen molar-refractivity contribution in [3.63, 3.8) is 0 Å². The third kappa shape index (κ3) is 6.79. The predicted octanol–water partition coefficient (Wildman–Crippen LogP) is 2.95. The van der Waals surface area contributed by atoms with Crippen LogP contribution in [0.15, 0.2) is 60.7 Å². The number of sulfonamides is 1. The lowest BCUT2D eigenvalue weighted by Crippen LogP contribution is -2.40. The van der Waals surface area contributed by atoms with Crippen molar-refractivity contribution in [1.29, 1.82) is 0 Å². The van der Waals surface area contributed by atoms with Crippen LogP contribution in [0.1, 0.15) is 24.0 Å². The standard InChI is InChI=1S/C12H14F3NO4S.C11H15NO2/c13-12(14,15)21(17,18)16-7-6-11(19-8-9-20-11)10-4-2-1-3-5-10;12-7-6-11(13-8-9-14-11)10-4-2-1-3-5-10/h1-5,16H,6-9H2;1-5H,6-9,12H2. The van der Waals surface area contributed by atoms with Crippen molar-refractivity contribution in [2.24, 2.45) is 5.73 Å². The number of hydrogen-bond donors (Lipinski definition) is 2. The summed E-state index contributed by atoms with van der Waals surface area (Å²) in [6, 6.07) is 18.7. The Kier molecular flexibility index (Phi) is 9.27. The Hall–Kier alpha value is -2.06. The van der Waals surface area contributed by atoms with Gasteiger partial charge in [-0.2, -0.15) is 13.2 Å².